The third-order valence-corrected chi connectivity index (χ3v) is 1.94. The lowest BCUT2D eigenvalue weighted by Crippen LogP contribution is -2.45. The minimum Gasteiger partial charge on any atom is -0.375 e. The predicted octanol–water partition coefficient (Wildman–Crippen LogP) is 0.472. The number of carbonyl (C=O) groups excluding carboxylic acids is 1. The minimum absolute atomic E-state index is 0.00168. The molecule has 0 radical (unpaired) electrons. The normalized spacial score (nSPS) is 25.3. The van der Waals surface area contributed by atoms with Crippen LogP contribution in [-0.4, -0.2) is 42.5 Å². The van der Waals surface area contributed by atoms with Gasteiger partial charge in [-0.3, -0.25) is 4.79 Å². The summed E-state index contributed by atoms with van der Waals surface area (Å²) in [6.45, 7) is 3.93. The Labute approximate surface area is 71.3 Å². The number of halogens is 1. The van der Waals surface area contributed by atoms with E-state index in [4.69, 9.17) is 16.3 Å². The van der Waals surface area contributed by atoms with Crippen LogP contribution in [0.4, 0.5) is 0 Å². The third-order valence-electron chi connectivity index (χ3n) is 1.71. The second-order valence-corrected chi connectivity index (χ2v) is 2.92. The van der Waals surface area contributed by atoms with Crippen molar-refractivity contribution in [1.29, 1.82) is 0 Å². The summed E-state index contributed by atoms with van der Waals surface area (Å²) in [6.07, 6.45) is 0.149. The van der Waals surface area contributed by atoms with Gasteiger partial charge in [0, 0.05) is 13.1 Å². The number of ether oxygens (including phenoxy) is 1. The molecule has 0 N–H and O–H groups in total. The van der Waals surface area contributed by atoms with E-state index in [9.17, 15) is 4.79 Å². The van der Waals surface area contributed by atoms with Crippen molar-refractivity contribution >= 4 is 17.5 Å². The van der Waals surface area contributed by atoms with Crippen molar-refractivity contribution in [2.24, 2.45) is 0 Å². The molecule has 1 unspecified atom stereocenters. The van der Waals surface area contributed by atoms with Gasteiger partial charge >= 0.3 is 0 Å². The Bertz CT molecular complexity index is 151. The van der Waals surface area contributed by atoms with E-state index >= 15 is 0 Å². The highest BCUT2D eigenvalue weighted by Gasteiger charge is 2.19. The smallest absolute Gasteiger partial charge is 0.237 e. The highest BCUT2D eigenvalue weighted by Crippen LogP contribution is 2.04. The average Bonchev–Trinajstić information content (AvgIpc) is 2.03. The molecule has 64 valence electrons. The molecular weight excluding hydrogens is 166 g/mol. The summed E-state index contributed by atoms with van der Waals surface area (Å²) in [5.74, 6) is 0.0778. The molecular formula is C7H12ClNO2. The van der Waals surface area contributed by atoms with Gasteiger partial charge in [0.15, 0.2) is 0 Å². The molecule has 1 amide bonds. The Morgan fingerprint density at radius 3 is 3.09 bits per heavy atom. The fraction of sp³-hybridized carbons (Fsp3) is 0.857. The number of amides is 1. The Kier molecular flexibility index (Phi) is 3.15. The van der Waals surface area contributed by atoms with Crippen LogP contribution in [0, 0.1) is 0 Å². The number of nitrogens with zero attached hydrogens (tertiary/aromatic N) is 1. The van der Waals surface area contributed by atoms with E-state index in [1.165, 1.54) is 0 Å². The molecule has 0 aromatic carbocycles. The zero-order valence-corrected chi connectivity index (χ0v) is 7.30. The Morgan fingerprint density at radius 1 is 1.82 bits per heavy atom. The summed E-state index contributed by atoms with van der Waals surface area (Å²) in [6, 6.07) is 0. The molecule has 1 heterocycles. The van der Waals surface area contributed by atoms with Crippen molar-refractivity contribution in [1.82, 2.24) is 4.90 Å². The van der Waals surface area contributed by atoms with Crippen molar-refractivity contribution in [3.8, 4) is 0 Å². The summed E-state index contributed by atoms with van der Waals surface area (Å²) < 4.78 is 5.27. The zero-order valence-electron chi connectivity index (χ0n) is 6.55. The van der Waals surface area contributed by atoms with E-state index in [-0.39, 0.29) is 17.9 Å². The Hall–Kier alpha value is -0.280. The van der Waals surface area contributed by atoms with Gasteiger partial charge in [-0.2, -0.15) is 0 Å². The van der Waals surface area contributed by atoms with Crippen LogP contribution in [0.3, 0.4) is 0 Å². The molecule has 11 heavy (non-hydrogen) atoms. The lowest BCUT2D eigenvalue weighted by molar-refractivity contribution is -0.135. The predicted molar refractivity (Wildman–Crippen MR) is 42.7 cm³/mol. The van der Waals surface area contributed by atoms with Gasteiger partial charge in [-0.1, -0.05) is 0 Å². The molecule has 1 atom stereocenters. The largest absolute Gasteiger partial charge is 0.375 e. The summed E-state index contributed by atoms with van der Waals surface area (Å²) >= 11 is 5.40. The summed E-state index contributed by atoms with van der Waals surface area (Å²) in [5, 5.41) is 0. The molecule has 0 spiro atoms. The summed E-state index contributed by atoms with van der Waals surface area (Å²) in [4.78, 5) is 12.8. The van der Waals surface area contributed by atoms with Crippen LogP contribution in [0.25, 0.3) is 0 Å². The van der Waals surface area contributed by atoms with Gasteiger partial charge in [0.1, 0.15) is 5.88 Å². The number of alkyl halides is 1. The van der Waals surface area contributed by atoms with Crippen LogP contribution in [-0.2, 0) is 9.53 Å². The van der Waals surface area contributed by atoms with Crippen LogP contribution in [0.5, 0.6) is 0 Å². The monoisotopic (exact) mass is 177 g/mol. The second-order valence-electron chi connectivity index (χ2n) is 2.65. The second kappa shape index (κ2) is 3.93. The van der Waals surface area contributed by atoms with Crippen LogP contribution in [0.1, 0.15) is 6.92 Å². The van der Waals surface area contributed by atoms with Crippen LogP contribution >= 0.6 is 11.6 Å². The highest BCUT2D eigenvalue weighted by atomic mass is 35.5. The molecule has 0 saturated carbocycles. The molecule has 0 aliphatic carbocycles. The fourth-order valence-electron chi connectivity index (χ4n) is 1.13. The first-order valence-corrected chi connectivity index (χ1v) is 4.23. The average molecular weight is 178 g/mol. The van der Waals surface area contributed by atoms with Crippen molar-refractivity contribution < 1.29 is 9.53 Å². The van der Waals surface area contributed by atoms with Gasteiger partial charge < -0.3 is 9.64 Å². The quantitative estimate of drug-likeness (QED) is 0.545. The van der Waals surface area contributed by atoms with E-state index in [0.29, 0.717) is 19.7 Å². The molecule has 1 aliphatic rings. The SMILES string of the molecule is CC1CN(C(=O)CCl)CCO1. The summed E-state index contributed by atoms with van der Waals surface area (Å²) in [7, 11) is 0. The van der Waals surface area contributed by atoms with Crippen molar-refractivity contribution in [2.45, 2.75) is 13.0 Å². The van der Waals surface area contributed by atoms with Crippen molar-refractivity contribution in [3.63, 3.8) is 0 Å². The van der Waals surface area contributed by atoms with Gasteiger partial charge in [0.25, 0.3) is 0 Å². The molecule has 0 aromatic heterocycles. The van der Waals surface area contributed by atoms with Gasteiger partial charge in [0.2, 0.25) is 5.91 Å². The number of hydrogen-bond donors (Lipinski definition) is 0. The zero-order chi connectivity index (χ0) is 8.27. The first-order chi connectivity index (χ1) is 5.24. The van der Waals surface area contributed by atoms with E-state index < -0.39 is 0 Å². The Morgan fingerprint density at radius 2 is 2.55 bits per heavy atom. The summed E-state index contributed by atoms with van der Waals surface area (Å²) in [5.41, 5.74) is 0. The van der Waals surface area contributed by atoms with Crippen LogP contribution in [0.15, 0.2) is 0 Å². The van der Waals surface area contributed by atoms with Crippen LogP contribution < -0.4 is 0 Å². The standard InChI is InChI=1S/C7H12ClNO2/c1-6-5-9(2-3-11-6)7(10)4-8/h6H,2-5H2,1H3. The Balaban J connectivity index is 2.39. The number of morpholine rings is 1. The molecule has 1 fully saturated rings. The maximum atomic E-state index is 11.1. The lowest BCUT2D eigenvalue weighted by Gasteiger charge is -2.30. The number of carbonyl (C=O) groups is 1. The maximum absolute atomic E-state index is 11.1. The molecule has 1 rings (SSSR count). The van der Waals surface area contributed by atoms with E-state index in [0.717, 1.165) is 0 Å². The van der Waals surface area contributed by atoms with E-state index in [1.807, 2.05) is 6.92 Å². The molecule has 0 aromatic rings. The maximum Gasteiger partial charge on any atom is 0.237 e. The van der Waals surface area contributed by atoms with Crippen LogP contribution in [0.2, 0.25) is 0 Å². The van der Waals surface area contributed by atoms with E-state index in [1.54, 1.807) is 4.90 Å². The van der Waals surface area contributed by atoms with Gasteiger partial charge in [-0.25, -0.2) is 0 Å². The molecule has 4 heteroatoms. The first kappa shape index (κ1) is 8.81. The highest BCUT2D eigenvalue weighted by molar-refractivity contribution is 6.27. The lowest BCUT2D eigenvalue weighted by atomic mass is 10.3. The van der Waals surface area contributed by atoms with Gasteiger partial charge in [-0.05, 0) is 6.92 Å². The molecule has 1 saturated heterocycles. The minimum atomic E-state index is 0.00168. The van der Waals surface area contributed by atoms with Crippen molar-refractivity contribution in [2.75, 3.05) is 25.6 Å². The molecule has 1 aliphatic heterocycles. The fourth-order valence-corrected chi connectivity index (χ4v) is 1.30. The van der Waals surface area contributed by atoms with Gasteiger partial charge in [0.05, 0.1) is 12.7 Å². The van der Waals surface area contributed by atoms with Crippen molar-refractivity contribution in [3.05, 3.63) is 0 Å². The molecule has 3 nitrogen and oxygen atoms in total. The van der Waals surface area contributed by atoms with Gasteiger partial charge in [-0.15, -0.1) is 11.6 Å². The number of hydrogen-bond acceptors (Lipinski definition) is 2. The first-order valence-electron chi connectivity index (χ1n) is 3.69. The molecule has 0 bridgehead atoms. The third kappa shape index (κ3) is 2.34. The topological polar surface area (TPSA) is 29.5 Å². The van der Waals surface area contributed by atoms with E-state index in [2.05, 4.69) is 0 Å². The number of rotatable bonds is 1.